The summed E-state index contributed by atoms with van der Waals surface area (Å²) in [6.07, 6.45) is 4.77. The maximum absolute atomic E-state index is 9.86. The Bertz CT molecular complexity index is 812. The van der Waals surface area contributed by atoms with Crippen LogP contribution in [0.5, 0.6) is 0 Å². The van der Waals surface area contributed by atoms with Crippen LogP contribution in [-0.4, -0.2) is 5.71 Å². The van der Waals surface area contributed by atoms with Crippen molar-refractivity contribution in [2.75, 3.05) is 0 Å². The predicted molar refractivity (Wildman–Crippen MR) is 89.8 cm³/mol. The minimum Gasteiger partial charge on any atom is -0.305 e. The number of hydrogen-bond acceptors (Lipinski definition) is 4. The van der Waals surface area contributed by atoms with E-state index in [1.807, 2.05) is 31.2 Å². The number of nitrogens with zero attached hydrogens (tertiary/aromatic N) is 3. The van der Waals surface area contributed by atoms with Crippen LogP contribution in [0.2, 0.25) is 0 Å². The monoisotopic (exact) mass is 314 g/mol. The Balaban J connectivity index is 2.24. The lowest BCUT2D eigenvalue weighted by molar-refractivity contribution is 0.320. The summed E-state index contributed by atoms with van der Waals surface area (Å²) in [6.45, 7) is 1.99. The summed E-state index contributed by atoms with van der Waals surface area (Å²) in [5.74, 6) is -1.17. The molecule has 1 fully saturated rings. The summed E-state index contributed by atoms with van der Waals surface area (Å²) in [5, 5.41) is 37.8. The van der Waals surface area contributed by atoms with Crippen LogP contribution >= 0.6 is 0 Å². The Morgan fingerprint density at radius 2 is 1.79 bits per heavy atom. The minimum atomic E-state index is -1.57. The van der Waals surface area contributed by atoms with Crippen LogP contribution in [0.1, 0.15) is 36.3 Å². The number of nitrogens with one attached hydrogen (secondary N) is 1. The Morgan fingerprint density at radius 1 is 1.12 bits per heavy atom. The average molecular weight is 314 g/mol. The maximum atomic E-state index is 9.86. The number of nitriles is 3. The Hall–Kier alpha value is -2.90. The van der Waals surface area contributed by atoms with Crippen molar-refractivity contribution < 1.29 is 0 Å². The molecule has 0 heterocycles. The van der Waals surface area contributed by atoms with Crippen molar-refractivity contribution >= 4 is 5.71 Å². The number of benzene rings is 1. The zero-order chi connectivity index (χ0) is 17.3. The third-order valence-electron chi connectivity index (χ3n) is 5.36. The second kappa shape index (κ2) is 5.95. The summed E-state index contributed by atoms with van der Waals surface area (Å²) in [7, 11) is 0. The van der Waals surface area contributed by atoms with Crippen LogP contribution in [0.15, 0.2) is 35.9 Å². The van der Waals surface area contributed by atoms with Crippen molar-refractivity contribution in [1.29, 1.82) is 21.2 Å². The molecule has 1 saturated carbocycles. The van der Waals surface area contributed by atoms with Crippen molar-refractivity contribution in [2.45, 2.75) is 32.1 Å². The molecule has 2 aliphatic rings. The second-order valence-corrected chi connectivity index (χ2v) is 6.64. The molecule has 118 valence electrons. The van der Waals surface area contributed by atoms with E-state index >= 15 is 0 Å². The van der Waals surface area contributed by atoms with Gasteiger partial charge in [0.05, 0.1) is 23.9 Å². The lowest BCUT2D eigenvalue weighted by atomic mass is 9.53. The Kier molecular flexibility index (Phi) is 3.96. The predicted octanol–water partition coefficient (Wildman–Crippen LogP) is 4.01. The van der Waals surface area contributed by atoms with Crippen molar-refractivity contribution in [2.24, 2.45) is 17.3 Å². The largest absolute Gasteiger partial charge is 0.305 e. The van der Waals surface area contributed by atoms with Crippen LogP contribution in [0.4, 0.5) is 0 Å². The van der Waals surface area contributed by atoms with Gasteiger partial charge in [0, 0.05) is 5.92 Å². The van der Waals surface area contributed by atoms with Crippen LogP contribution in [0.3, 0.4) is 0 Å². The highest BCUT2D eigenvalue weighted by Gasteiger charge is 2.56. The highest BCUT2D eigenvalue weighted by Crippen LogP contribution is 2.55. The summed E-state index contributed by atoms with van der Waals surface area (Å²) < 4.78 is 0. The summed E-state index contributed by atoms with van der Waals surface area (Å²) in [6, 6.07) is 14.2. The van der Waals surface area contributed by atoms with E-state index in [4.69, 9.17) is 5.41 Å². The van der Waals surface area contributed by atoms with Gasteiger partial charge in [-0.3, -0.25) is 0 Å². The zero-order valence-electron chi connectivity index (χ0n) is 13.6. The first-order valence-electron chi connectivity index (χ1n) is 8.16. The van der Waals surface area contributed by atoms with Crippen molar-refractivity contribution in [3.05, 3.63) is 47.0 Å². The number of aryl methyl sites for hydroxylation is 1. The van der Waals surface area contributed by atoms with E-state index in [0.717, 1.165) is 36.0 Å². The lowest BCUT2D eigenvalue weighted by Gasteiger charge is -2.45. The lowest BCUT2D eigenvalue weighted by Crippen LogP contribution is -2.48. The Labute approximate surface area is 142 Å². The molecule has 0 amide bonds. The van der Waals surface area contributed by atoms with Crippen molar-refractivity contribution in [1.82, 2.24) is 0 Å². The van der Waals surface area contributed by atoms with Crippen LogP contribution in [0, 0.1) is 63.6 Å². The standard InChI is InChI=1S/C20H18N4/c1-13-6-8-14(9-7-13)18-16-5-3-2-4-15(16)17(10-21)19(24)20(18,11-22)12-23/h4,6-9,16-18,24H,2-3,5H2,1H3. The van der Waals surface area contributed by atoms with E-state index < -0.39 is 17.3 Å². The van der Waals surface area contributed by atoms with Gasteiger partial charge in [0.15, 0.2) is 5.41 Å². The Morgan fingerprint density at radius 3 is 2.38 bits per heavy atom. The van der Waals surface area contributed by atoms with Crippen LogP contribution in [0.25, 0.3) is 0 Å². The fraction of sp³-hybridized carbons (Fsp3) is 0.400. The van der Waals surface area contributed by atoms with Crippen LogP contribution in [-0.2, 0) is 0 Å². The molecule has 0 bridgehead atoms. The van der Waals surface area contributed by atoms with Gasteiger partial charge in [-0.15, -0.1) is 0 Å². The highest BCUT2D eigenvalue weighted by molar-refractivity contribution is 6.00. The van der Waals surface area contributed by atoms with E-state index in [2.05, 4.69) is 24.3 Å². The molecule has 4 heteroatoms. The van der Waals surface area contributed by atoms with E-state index in [9.17, 15) is 15.8 Å². The van der Waals surface area contributed by atoms with Gasteiger partial charge < -0.3 is 5.41 Å². The third-order valence-corrected chi connectivity index (χ3v) is 5.36. The first kappa shape index (κ1) is 16.0. The summed E-state index contributed by atoms with van der Waals surface area (Å²) in [4.78, 5) is 0. The van der Waals surface area contributed by atoms with E-state index in [1.165, 1.54) is 0 Å². The molecule has 1 aromatic carbocycles. The van der Waals surface area contributed by atoms with E-state index in [1.54, 1.807) is 0 Å². The fourth-order valence-electron chi connectivity index (χ4n) is 4.16. The molecular weight excluding hydrogens is 296 g/mol. The van der Waals surface area contributed by atoms with Gasteiger partial charge in [0.1, 0.15) is 5.92 Å². The first-order valence-corrected chi connectivity index (χ1v) is 8.16. The highest BCUT2D eigenvalue weighted by atomic mass is 14.6. The molecule has 4 nitrogen and oxygen atoms in total. The van der Waals surface area contributed by atoms with Gasteiger partial charge >= 0.3 is 0 Å². The SMILES string of the molecule is Cc1ccc(C2C3CCCC=C3C(C#N)C(=N)C2(C#N)C#N)cc1. The molecule has 0 aromatic heterocycles. The van der Waals surface area contributed by atoms with E-state index in [0.29, 0.717) is 0 Å². The molecule has 2 aliphatic carbocycles. The molecule has 24 heavy (non-hydrogen) atoms. The van der Waals surface area contributed by atoms with Gasteiger partial charge in [-0.05, 0) is 43.2 Å². The third kappa shape index (κ3) is 2.14. The van der Waals surface area contributed by atoms with Gasteiger partial charge in [-0.25, -0.2) is 0 Å². The number of hydrogen-bond donors (Lipinski definition) is 1. The molecule has 0 aliphatic heterocycles. The molecule has 0 saturated heterocycles. The normalized spacial score (nSPS) is 27.8. The summed E-state index contributed by atoms with van der Waals surface area (Å²) in [5.41, 5.74) is 1.31. The second-order valence-electron chi connectivity index (χ2n) is 6.64. The van der Waals surface area contributed by atoms with E-state index in [-0.39, 0.29) is 11.6 Å². The molecule has 3 unspecified atom stereocenters. The van der Waals surface area contributed by atoms with Gasteiger partial charge in [0.2, 0.25) is 0 Å². The molecule has 1 N–H and O–H groups in total. The number of rotatable bonds is 1. The van der Waals surface area contributed by atoms with Gasteiger partial charge in [0.25, 0.3) is 0 Å². The minimum absolute atomic E-state index is 0.0282. The van der Waals surface area contributed by atoms with Gasteiger partial charge in [-0.1, -0.05) is 35.9 Å². The molecule has 1 aromatic rings. The fourth-order valence-corrected chi connectivity index (χ4v) is 4.16. The smallest absolute Gasteiger partial charge is 0.189 e. The summed E-state index contributed by atoms with van der Waals surface area (Å²) >= 11 is 0. The zero-order valence-corrected chi connectivity index (χ0v) is 13.6. The quantitative estimate of drug-likeness (QED) is 0.793. The molecule has 0 radical (unpaired) electrons. The molecular formula is C20H18N4. The number of allylic oxidation sites excluding steroid dienone is 2. The number of fused-ring (bicyclic) bond motifs is 1. The van der Waals surface area contributed by atoms with Crippen molar-refractivity contribution in [3.63, 3.8) is 0 Å². The van der Waals surface area contributed by atoms with Gasteiger partial charge in [-0.2, -0.15) is 15.8 Å². The van der Waals surface area contributed by atoms with Crippen molar-refractivity contribution in [3.8, 4) is 18.2 Å². The molecule has 0 spiro atoms. The molecule has 3 rings (SSSR count). The first-order chi connectivity index (χ1) is 11.6. The van der Waals surface area contributed by atoms with Crippen LogP contribution < -0.4 is 0 Å². The average Bonchev–Trinajstić information content (AvgIpc) is 2.62. The maximum Gasteiger partial charge on any atom is 0.189 e. The topological polar surface area (TPSA) is 95.2 Å². The molecule has 3 atom stereocenters.